The van der Waals surface area contributed by atoms with Crippen LogP contribution in [0.1, 0.15) is 36.1 Å². The Morgan fingerprint density at radius 2 is 1.68 bits per heavy atom. The quantitative estimate of drug-likeness (QED) is 0.181. The van der Waals surface area contributed by atoms with E-state index >= 15 is 4.39 Å². The van der Waals surface area contributed by atoms with E-state index in [1.165, 1.54) is 30.2 Å². The van der Waals surface area contributed by atoms with Crippen molar-refractivity contribution in [1.29, 1.82) is 0 Å². The van der Waals surface area contributed by atoms with Crippen LogP contribution in [0.2, 0.25) is 0 Å². The van der Waals surface area contributed by atoms with Gasteiger partial charge in [-0.1, -0.05) is 24.0 Å². The molecule has 0 bridgehead atoms. The second kappa shape index (κ2) is 14.0. The summed E-state index contributed by atoms with van der Waals surface area (Å²) in [4.78, 5) is 4.41. The van der Waals surface area contributed by atoms with Gasteiger partial charge >= 0.3 is 12.4 Å². The molecule has 0 spiro atoms. The number of halogens is 7. The number of fused-ring (bicyclic) bond motifs is 1. The van der Waals surface area contributed by atoms with Crippen molar-refractivity contribution in [2.45, 2.75) is 56.5 Å². The molecular weight excluding hydrogens is 649 g/mol. The second-order valence-electron chi connectivity index (χ2n) is 12.0. The maximum Gasteiger partial charge on any atom is 0.422 e. The maximum absolute atomic E-state index is 15.1. The highest BCUT2D eigenvalue weighted by Gasteiger charge is 2.33. The molecule has 6 rings (SSSR count). The van der Waals surface area contributed by atoms with Gasteiger partial charge in [0.15, 0.2) is 6.61 Å². The number of nitrogens with one attached hydrogen (secondary N) is 2. The molecule has 1 saturated carbocycles. The van der Waals surface area contributed by atoms with E-state index in [1.807, 2.05) is 6.07 Å². The van der Waals surface area contributed by atoms with E-state index in [4.69, 9.17) is 9.47 Å². The number of hydrogen-bond acceptors (Lipinski definition) is 7. The van der Waals surface area contributed by atoms with Gasteiger partial charge in [-0.05, 0) is 42.7 Å². The third kappa shape index (κ3) is 8.74. The monoisotopic (exact) mass is 684 g/mol. The average Bonchev–Trinajstić information content (AvgIpc) is 3.82. The van der Waals surface area contributed by atoms with Crippen molar-refractivity contribution in [3.8, 4) is 17.6 Å². The first-order chi connectivity index (χ1) is 22.4. The van der Waals surface area contributed by atoms with Crippen LogP contribution in [0.4, 0.5) is 47.8 Å². The van der Waals surface area contributed by atoms with Gasteiger partial charge < -0.3 is 29.9 Å². The van der Waals surface area contributed by atoms with E-state index in [0.29, 0.717) is 42.4 Å². The highest BCUT2D eigenvalue weighted by Crippen LogP contribution is 2.40. The third-order valence-electron chi connectivity index (χ3n) is 8.51. The molecule has 2 aliphatic heterocycles. The van der Waals surface area contributed by atoms with Gasteiger partial charge in [-0.25, -0.2) is 4.39 Å². The minimum absolute atomic E-state index is 0.0517. The zero-order valence-corrected chi connectivity index (χ0v) is 26.3. The summed E-state index contributed by atoms with van der Waals surface area (Å²) in [6.07, 6.45) is -5.84. The van der Waals surface area contributed by atoms with Crippen LogP contribution < -0.4 is 20.3 Å². The topological polar surface area (TPSA) is 49.0 Å². The predicted molar refractivity (Wildman–Crippen MR) is 169 cm³/mol. The Labute approximate surface area is 272 Å². The third-order valence-corrected chi connectivity index (χ3v) is 9.71. The average molecular weight is 685 g/mol. The van der Waals surface area contributed by atoms with E-state index in [9.17, 15) is 26.3 Å². The van der Waals surface area contributed by atoms with Crippen LogP contribution in [-0.2, 0) is 11.2 Å². The first kappa shape index (κ1) is 33.5. The number of morpholine rings is 1. The molecule has 14 heteroatoms. The minimum Gasteiger partial charge on any atom is -0.482 e. The Hall–Kier alpha value is -3.41. The molecule has 3 heterocycles. The lowest BCUT2D eigenvalue weighted by molar-refractivity contribution is -0.153. The number of piperidine rings is 1. The molecule has 254 valence electrons. The van der Waals surface area contributed by atoms with Gasteiger partial charge in [-0.15, -0.1) is 11.3 Å². The molecule has 3 fully saturated rings. The number of rotatable bonds is 9. The number of alkyl halides is 6. The molecule has 0 unspecified atom stereocenters. The summed E-state index contributed by atoms with van der Waals surface area (Å²) >= 11 is 1.18. The summed E-state index contributed by atoms with van der Waals surface area (Å²) < 4.78 is 106. The molecule has 3 aromatic rings. The minimum atomic E-state index is -4.62. The lowest BCUT2D eigenvalue weighted by Gasteiger charge is -2.33. The second-order valence-corrected chi connectivity index (χ2v) is 13.0. The van der Waals surface area contributed by atoms with Crippen molar-refractivity contribution < 1.29 is 40.2 Å². The van der Waals surface area contributed by atoms with Gasteiger partial charge in [0.25, 0.3) is 0 Å². The Morgan fingerprint density at radius 1 is 0.936 bits per heavy atom. The van der Waals surface area contributed by atoms with Gasteiger partial charge in [0.05, 0.1) is 52.8 Å². The van der Waals surface area contributed by atoms with Gasteiger partial charge in [0.1, 0.15) is 11.6 Å². The predicted octanol–water partition coefficient (Wildman–Crippen LogP) is 7.43. The molecule has 0 atom stereocenters. The maximum atomic E-state index is 15.1. The number of likely N-dealkylation sites (tertiary alicyclic amines) is 1. The van der Waals surface area contributed by atoms with Crippen LogP contribution in [-0.4, -0.2) is 81.9 Å². The summed E-state index contributed by atoms with van der Waals surface area (Å²) in [5, 5.41) is 6.83. The van der Waals surface area contributed by atoms with Crippen LogP contribution in [0.25, 0.3) is 10.1 Å². The number of hydrogen-bond donors (Lipinski definition) is 2. The van der Waals surface area contributed by atoms with Crippen LogP contribution in [0.15, 0.2) is 30.3 Å². The van der Waals surface area contributed by atoms with Crippen molar-refractivity contribution in [3.05, 3.63) is 46.6 Å². The standard InChI is InChI=1S/C33H35F7N4O2S/c34-25-17-27(29(46-20-33(38,39)40)18-28(25)44-13-15-45-16-14-44)41-10-2-5-30-24(19-32(35,36)37)23-3-1-4-26(31(23)47-30)42-21-8-11-43(12-9-21)22-6-7-22/h1,3-4,17-18,21-22,41-42H,6-16,19-20H2. The van der Waals surface area contributed by atoms with Crippen molar-refractivity contribution in [1.82, 2.24) is 4.90 Å². The fourth-order valence-electron chi connectivity index (χ4n) is 6.10. The highest BCUT2D eigenvalue weighted by molar-refractivity contribution is 7.20. The number of anilines is 3. The van der Waals surface area contributed by atoms with E-state index < -0.39 is 31.2 Å². The summed E-state index contributed by atoms with van der Waals surface area (Å²) in [6, 6.07) is 8.45. The Morgan fingerprint density at radius 3 is 2.36 bits per heavy atom. The van der Waals surface area contributed by atoms with Crippen LogP contribution >= 0.6 is 11.3 Å². The van der Waals surface area contributed by atoms with Gasteiger partial charge in [-0.3, -0.25) is 0 Å². The number of nitrogens with zero attached hydrogens (tertiary/aromatic N) is 2. The smallest absolute Gasteiger partial charge is 0.422 e. The molecule has 0 radical (unpaired) electrons. The summed E-state index contributed by atoms with van der Waals surface area (Å²) in [5.41, 5.74) is 0.882. The molecule has 2 N–H and O–H groups in total. The number of ether oxygens (including phenoxy) is 2. The molecule has 0 amide bonds. The van der Waals surface area contributed by atoms with Crippen molar-refractivity contribution in [2.24, 2.45) is 0 Å². The lowest BCUT2D eigenvalue weighted by Crippen LogP contribution is -2.40. The zero-order valence-electron chi connectivity index (χ0n) is 25.5. The Kier molecular flexibility index (Phi) is 9.96. The van der Waals surface area contributed by atoms with E-state index in [1.54, 1.807) is 17.0 Å². The first-order valence-corrected chi connectivity index (χ1v) is 16.5. The fourth-order valence-corrected chi connectivity index (χ4v) is 7.27. The lowest BCUT2D eigenvalue weighted by atomic mass is 10.0. The van der Waals surface area contributed by atoms with Crippen LogP contribution in [0, 0.1) is 17.7 Å². The molecule has 3 aliphatic rings. The molecule has 6 nitrogen and oxygen atoms in total. The summed E-state index contributed by atoms with van der Waals surface area (Å²) in [6.45, 7) is 1.64. The van der Waals surface area contributed by atoms with E-state index in [-0.39, 0.29) is 40.2 Å². The first-order valence-electron chi connectivity index (χ1n) is 15.6. The van der Waals surface area contributed by atoms with Crippen molar-refractivity contribution in [3.63, 3.8) is 0 Å². The zero-order chi connectivity index (χ0) is 33.2. The molecule has 1 aromatic heterocycles. The molecule has 1 aliphatic carbocycles. The Bertz CT molecular complexity index is 1610. The molecule has 2 aromatic carbocycles. The number of thiophene rings is 1. The summed E-state index contributed by atoms with van der Waals surface area (Å²) in [5.74, 6) is 4.74. The summed E-state index contributed by atoms with van der Waals surface area (Å²) in [7, 11) is 0. The Balaban J connectivity index is 1.22. The largest absolute Gasteiger partial charge is 0.482 e. The fraction of sp³-hybridized carbons (Fsp3) is 0.515. The number of benzene rings is 2. The van der Waals surface area contributed by atoms with E-state index in [2.05, 4.69) is 27.4 Å². The molecular formula is C33H35F7N4O2S. The molecule has 47 heavy (non-hydrogen) atoms. The molecule has 2 saturated heterocycles. The van der Waals surface area contributed by atoms with E-state index in [0.717, 1.165) is 37.7 Å². The normalized spacial score (nSPS) is 18.2. The van der Waals surface area contributed by atoms with Gasteiger partial charge in [0, 0.05) is 50.4 Å². The van der Waals surface area contributed by atoms with Gasteiger partial charge in [0.2, 0.25) is 0 Å². The van der Waals surface area contributed by atoms with Gasteiger partial charge in [-0.2, -0.15) is 26.3 Å². The van der Waals surface area contributed by atoms with Crippen molar-refractivity contribution >= 4 is 38.5 Å². The highest BCUT2D eigenvalue weighted by atomic mass is 32.1. The van der Waals surface area contributed by atoms with Crippen molar-refractivity contribution in [2.75, 3.05) is 68.1 Å². The van der Waals surface area contributed by atoms with Crippen LogP contribution in [0.5, 0.6) is 5.75 Å². The SMILES string of the molecule is Fc1cc(NCC#Cc2sc3c(NC4CCN(C5CC5)CC4)cccc3c2CC(F)(F)F)c(OCC(F)(F)F)cc1N1CCOCC1. The van der Waals surface area contributed by atoms with Crippen LogP contribution in [0.3, 0.4) is 0 Å².